The van der Waals surface area contributed by atoms with Gasteiger partial charge >= 0.3 is 0 Å². The van der Waals surface area contributed by atoms with E-state index in [0.29, 0.717) is 10.7 Å². The molecule has 7 heteroatoms. The van der Waals surface area contributed by atoms with Gasteiger partial charge in [-0.05, 0) is 24.7 Å². The van der Waals surface area contributed by atoms with E-state index in [4.69, 9.17) is 4.98 Å². The van der Waals surface area contributed by atoms with E-state index < -0.39 is 0 Å². The van der Waals surface area contributed by atoms with Crippen LogP contribution in [0.2, 0.25) is 0 Å². The summed E-state index contributed by atoms with van der Waals surface area (Å²) in [6.45, 7) is 4.81. The Morgan fingerprint density at radius 2 is 2.00 bits per heavy atom. The van der Waals surface area contributed by atoms with Crippen molar-refractivity contribution in [2.24, 2.45) is 0 Å². The summed E-state index contributed by atoms with van der Waals surface area (Å²) < 4.78 is 0. The van der Waals surface area contributed by atoms with Gasteiger partial charge in [-0.2, -0.15) is 0 Å². The maximum absolute atomic E-state index is 13.4. The molecule has 4 aromatic rings. The standard InChI is InChI=1S/C23H21N5OS/c1-2-28-12-10-18-16(13-28)21(15-7-3-4-8-17(15)25-18)22(29)27-23-26-20(14-30-23)19-9-5-6-11-24-19/h3-9,11,14H,2,10,12-13H2,1H3,(H,26,27,29). The zero-order valence-corrected chi connectivity index (χ0v) is 17.4. The number of rotatable bonds is 4. The molecular weight excluding hydrogens is 394 g/mol. The normalized spacial score (nSPS) is 13.9. The molecule has 0 unspecified atom stereocenters. The number of para-hydroxylation sites is 1. The number of thiazole rings is 1. The summed E-state index contributed by atoms with van der Waals surface area (Å²) >= 11 is 1.41. The summed E-state index contributed by atoms with van der Waals surface area (Å²) in [6.07, 6.45) is 2.59. The molecule has 1 aliphatic rings. The lowest BCUT2D eigenvalue weighted by atomic mass is 9.95. The molecule has 150 valence electrons. The van der Waals surface area contributed by atoms with Crippen LogP contribution in [-0.2, 0) is 13.0 Å². The first kappa shape index (κ1) is 18.8. The molecule has 1 N–H and O–H groups in total. The summed E-state index contributed by atoms with van der Waals surface area (Å²) in [5.41, 5.74) is 5.18. The number of nitrogens with one attached hydrogen (secondary N) is 1. The van der Waals surface area contributed by atoms with Crippen LogP contribution < -0.4 is 5.32 Å². The molecule has 0 spiro atoms. The highest BCUT2D eigenvalue weighted by Crippen LogP contribution is 2.30. The minimum atomic E-state index is -0.135. The molecule has 3 aromatic heterocycles. The van der Waals surface area contributed by atoms with Crippen LogP contribution in [0.25, 0.3) is 22.3 Å². The van der Waals surface area contributed by atoms with Gasteiger partial charge in [0.25, 0.3) is 5.91 Å². The number of hydrogen-bond acceptors (Lipinski definition) is 6. The molecule has 1 aromatic carbocycles. The lowest BCUT2D eigenvalue weighted by molar-refractivity contribution is 0.102. The SMILES string of the molecule is CCN1CCc2nc3ccccc3c(C(=O)Nc3nc(-c4ccccn4)cs3)c2C1. The Kier molecular flexibility index (Phi) is 4.98. The Morgan fingerprint density at radius 1 is 1.13 bits per heavy atom. The summed E-state index contributed by atoms with van der Waals surface area (Å²) in [6, 6.07) is 13.6. The van der Waals surface area contributed by atoms with E-state index in [1.54, 1.807) is 6.20 Å². The number of nitrogens with zero attached hydrogens (tertiary/aromatic N) is 4. The topological polar surface area (TPSA) is 71.0 Å². The molecule has 5 rings (SSSR count). The fourth-order valence-corrected chi connectivity index (χ4v) is 4.60. The molecule has 1 amide bonds. The van der Waals surface area contributed by atoms with Gasteiger partial charge in [0.05, 0.1) is 16.8 Å². The predicted molar refractivity (Wildman–Crippen MR) is 120 cm³/mol. The maximum atomic E-state index is 13.4. The molecule has 0 aliphatic carbocycles. The Hall–Kier alpha value is -3.16. The number of hydrogen-bond donors (Lipinski definition) is 1. The van der Waals surface area contributed by atoms with Crippen LogP contribution in [0.4, 0.5) is 5.13 Å². The summed E-state index contributed by atoms with van der Waals surface area (Å²) in [5.74, 6) is -0.135. The molecule has 0 saturated heterocycles. The first-order valence-electron chi connectivity index (χ1n) is 10.0. The van der Waals surface area contributed by atoms with E-state index in [-0.39, 0.29) is 5.91 Å². The van der Waals surface area contributed by atoms with Crippen LogP contribution in [0, 0.1) is 0 Å². The van der Waals surface area contributed by atoms with Crippen molar-refractivity contribution in [2.45, 2.75) is 19.9 Å². The Bertz CT molecular complexity index is 1220. The molecule has 0 saturated carbocycles. The number of pyridine rings is 2. The van der Waals surface area contributed by atoms with Gasteiger partial charge in [0.15, 0.2) is 5.13 Å². The number of benzene rings is 1. The van der Waals surface area contributed by atoms with Crippen LogP contribution >= 0.6 is 11.3 Å². The molecule has 6 nitrogen and oxygen atoms in total. The summed E-state index contributed by atoms with van der Waals surface area (Å²) in [5, 5.41) is 6.38. The highest BCUT2D eigenvalue weighted by atomic mass is 32.1. The quantitative estimate of drug-likeness (QED) is 0.535. The zero-order valence-electron chi connectivity index (χ0n) is 16.6. The highest BCUT2D eigenvalue weighted by molar-refractivity contribution is 7.14. The van der Waals surface area contributed by atoms with Crippen molar-refractivity contribution < 1.29 is 4.79 Å². The molecule has 1 aliphatic heterocycles. The smallest absolute Gasteiger partial charge is 0.258 e. The third kappa shape index (κ3) is 3.46. The average Bonchev–Trinajstić information content (AvgIpc) is 3.26. The highest BCUT2D eigenvalue weighted by Gasteiger charge is 2.25. The van der Waals surface area contributed by atoms with Crippen molar-refractivity contribution in [1.29, 1.82) is 0 Å². The fraction of sp³-hybridized carbons (Fsp3) is 0.217. The van der Waals surface area contributed by atoms with Gasteiger partial charge in [-0.3, -0.25) is 25.0 Å². The van der Waals surface area contributed by atoms with Crippen molar-refractivity contribution >= 4 is 33.3 Å². The predicted octanol–water partition coefficient (Wildman–Crippen LogP) is 4.38. The average molecular weight is 416 g/mol. The lowest BCUT2D eigenvalue weighted by Crippen LogP contribution is -2.33. The third-order valence-electron chi connectivity index (χ3n) is 5.45. The van der Waals surface area contributed by atoms with E-state index in [1.165, 1.54) is 11.3 Å². The number of fused-ring (bicyclic) bond motifs is 2. The molecule has 0 bridgehead atoms. The molecular formula is C23H21N5OS. The lowest BCUT2D eigenvalue weighted by Gasteiger charge is -2.29. The van der Waals surface area contributed by atoms with Crippen LogP contribution in [0.15, 0.2) is 54.0 Å². The minimum Gasteiger partial charge on any atom is -0.299 e. The summed E-state index contributed by atoms with van der Waals surface area (Å²) in [4.78, 5) is 29.5. The van der Waals surface area contributed by atoms with Crippen LogP contribution in [-0.4, -0.2) is 38.8 Å². The Balaban J connectivity index is 1.53. The van der Waals surface area contributed by atoms with Crippen LogP contribution in [0.1, 0.15) is 28.5 Å². The van der Waals surface area contributed by atoms with Crippen LogP contribution in [0.5, 0.6) is 0 Å². The van der Waals surface area contributed by atoms with Crippen molar-refractivity contribution in [3.63, 3.8) is 0 Å². The van der Waals surface area contributed by atoms with Crippen molar-refractivity contribution in [3.8, 4) is 11.4 Å². The van der Waals surface area contributed by atoms with Gasteiger partial charge in [0.2, 0.25) is 0 Å². The molecule has 4 heterocycles. The van der Waals surface area contributed by atoms with Gasteiger partial charge in [-0.25, -0.2) is 4.98 Å². The third-order valence-corrected chi connectivity index (χ3v) is 6.21. The number of amides is 1. The number of carbonyl (C=O) groups excluding carboxylic acids is 1. The minimum absolute atomic E-state index is 0.135. The fourth-order valence-electron chi connectivity index (χ4n) is 3.90. The number of anilines is 1. The first-order chi connectivity index (χ1) is 14.7. The molecule has 0 radical (unpaired) electrons. The van der Waals surface area contributed by atoms with Crippen LogP contribution in [0.3, 0.4) is 0 Å². The van der Waals surface area contributed by atoms with Gasteiger partial charge in [-0.15, -0.1) is 11.3 Å². The maximum Gasteiger partial charge on any atom is 0.258 e. The second-order valence-electron chi connectivity index (χ2n) is 7.25. The van der Waals surface area contributed by atoms with Gasteiger partial charge < -0.3 is 0 Å². The van der Waals surface area contributed by atoms with E-state index >= 15 is 0 Å². The van der Waals surface area contributed by atoms with Crippen molar-refractivity contribution in [1.82, 2.24) is 19.9 Å². The Morgan fingerprint density at radius 3 is 2.83 bits per heavy atom. The van der Waals surface area contributed by atoms with E-state index in [9.17, 15) is 4.79 Å². The van der Waals surface area contributed by atoms with Crippen molar-refractivity contribution in [3.05, 3.63) is 70.9 Å². The Labute approximate surface area is 178 Å². The molecule has 0 fully saturated rings. The zero-order chi connectivity index (χ0) is 20.5. The number of aromatic nitrogens is 3. The van der Waals surface area contributed by atoms with Gasteiger partial charge in [0.1, 0.15) is 5.69 Å². The molecule has 0 atom stereocenters. The largest absolute Gasteiger partial charge is 0.299 e. The second kappa shape index (κ2) is 7.93. The molecule has 30 heavy (non-hydrogen) atoms. The van der Waals surface area contributed by atoms with E-state index in [0.717, 1.165) is 59.6 Å². The van der Waals surface area contributed by atoms with Gasteiger partial charge in [0, 0.05) is 47.7 Å². The summed E-state index contributed by atoms with van der Waals surface area (Å²) in [7, 11) is 0. The first-order valence-corrected chi connectivity index (χ1v) is 10.9. The van der Waals surface area contributed by atoms with Gasteiger partial charge in [-0.1, -0.05) is 31.2 Å². The number of likely N-dealkylation sites (N-methyl/N-ethyl adjacent to an activating group) is 1. The van der Waals surface area contributed by atoms with Crippen molar-refractivity contribution in [2.75, 3.05) is 18.4 Å². The second-order valence-corrected chi connectivity index (χ2v) is 8.11. The van der Waals surface area contributed by atoms with E-state index in [2.05, 4.69) is 27.1 Å². The van der Waals surface area contributed by atoms with E-state index in [1.807, 2.05) is 47.8 Å². The monoisotopic (exact) mass is 415 g/mol. The number of carbonyl (C=O) groups is 1.